The second-order valence-electron chi connectivity index (χ2n) is 11.9. The van der Waals surface area contributed by atoms with E-state index in [2.05, 4.69) is 72.8 Å². The van der Waals surface area contributed by atoms with E-state index in [-0.39, 0.29) is 0 Å². The Balaban J connectivity index is 1.24. The highest BCUT2D eigenvalue weighted by Gasteiger charge is 2.20. The number of aryl methyl sites for hydroxylation is 1. The number of hydrogen-bond donors (Lipinski definition) is 0. The monoisotopic (exact) mass is 603 g/mol. The molecule has 0 saturated carbocycles. The number of hydrogen-bond acceptors (Lipinski definition) is 4. The van der Waals surface area contributed by atoms with Crippen LogP contribution in [0.25, 0.3) is 84.4 Å². The van der Waals surface area contributed by atoms with E-state index in [1.54, 1.807) is 0 Å². The van der Waals surface area contributed by atoms with Crippen LogP contribution in [0.5, 0.6) is 0 Å². The minimum Gasteiger partial charge on any atom is -0.456 e. The molecule has 47 heavy (non-hydrogen) atoms. The van der Waals surface area contributed by atoms with E-state index < -0.39 is 0 Å². The van der Waals surface area contributed by atoms with Gasteiger partial charge in [0.05, 0.1) is 0 Å². The van der Waals surface area contributed by atoms with Crippen molar-refractivity contribution in [3.05, 3.63) is 157 Å². The van der Waals surface area contributed by atoms with Crippen molar-refractivity contribution in [2.45, 2.75) is 12.8 Å². The largest absolute Gasteiger partial charge is 0.456 e. The van der Waals surface area contributed by atoms with E-state index in [0.29, 0.717) is 17.5 Å². The zero-order valence-electron chi connectivity index (χ0n) is 25.6. The molecule has 8 aromatic rings. The minimum absolute atomic E-state index is 0.607. The number of allylic oxidation sites excluding steroid dienone is 1. The molecule has 1 aliphatic rings. The average Bonchev–Trinajstić information content (AvgIpc) is 3.53. The molecule has 0 radical (unpaired) electrons. The second-order valence-corrected chi connectivity index (χ2v) is 11.9. The second kappa shape index (κ2) is 11.3. The maximum absolute atomic E-state index is 6.48. The van der Waals surface area contributed by atoms with E-state index in [4.69, 9.17) is 19.4 Å². The SMILES string of the molecule is C1=Cc2c(cccc2-c2ccc(-c3cc(-c4nc(-c5ccccc5)nc(-c5ccccc5)n4)c4c(c3)oc3ccccc34)cc2)CC1. The fourth-order valence-corrected chi connectivity index (χ4v) is 6.69. The van der Waals surface area contributed by atoms with Crippen LogP contribution in [-0.2, 0) is 6.42 Å². The Morgan fingerprint density at radius 1 is 0.468 bits per heavy atom. The van der Waals surface area contributed by atoms with Gasteiger partial charge in [-0.15, -0.1) is 0 Å². The topological polar surface area (TPSA) is 51.8 Å². The Labute approximate surface area is 272 Å². The third-order valence-electron chi connectivity index (χ3n) is 9.01. The van der Waals surface area contributed by atoms with Crippen molar-refractivity contribution < 1.29 is 4.42 Å². The molecular formula is C43H29N3O. The van der Waals surface area contributed by atoms with Gasteiger partial charge >= 0.3 is 0 Å². The highest BCUT2D eigenvalue weighted by atomic mass is 16.3. The minimum atomic E-state index is 0.607. The Bertz CT molecular complexity index is 2390. The number of fused-ring (bicyclic) bond motifs is 4. The highest BCUT2D eigenvalue weighted by Crippen LogP contribution is 2.40. The van der Waals surface area contributed by atoms with Gasteiger partial charge in [0.1, 0.15) is 11.2 Å². The Hall–Kier alpha value is -6.13. The van der Waals surface area contributed by atoms with Crippen LogP contribution < -0.4 is 0 Å². The molecule has 0 unspecified atom stereocenters. The molecule has 2 aromatic heterocycles. The van der Waals surface area contributed by atoms with E-state index in [1.807, 2.05) is 78.9 Å². The Morgan fingerprint density at radius 2 is 1.13 bits per heavy atom. The lowest BCUT2D eigenvalue weighted by atomic mass is 9.89. The fraction of sp³-hybridized carbons (Fsp3) is 0.0465. The summed E-state index contributed by atoms with van der Waals surface area (Å²) in [6.07, 6.45) is 6.74. The average molecular weight is 604 g/mol. The summed E-state index contributed by atoms with van der Waals surface area (Å²) in [6, 6.07) is 48.2. The van der Waals surface area contributed by atoms with Gasteiger partial charge in [-0.3, -0.25) is 0 Å². The molecule has 4 nitrogen and oxygen atoms in total. The molecule has 0 N–H and O–H groups in total. The van der Waals surface area contributed by atoms with Crippen LogP contribution in [0, 0.1) is 0 Å². The summed E-state index contributed by atoms with van der Waals surface area (Å²) in [5.74, 6) is 1.87. The van der Waals surface area contributed by atoms with Gasteiger partial charge in [0.2, 0.25) is 0 Å². The summed E-state index contributed by atoms with van der Waals surface area (Å²) in [5.41, 5.74) is 11.8. The van der Waals surface area contributed by atoms with Gasteiger partial charge in [0, 0.05) is 27.5 Å². The summed E-state index contributed by atoms with van der Waals surface area (Å²) >= 11 is 0. The summed E-state index contributed by atoms with van der Waals surface area (Å²) in [6.45, 7) is 0. The quantitative estimate of drug-likeness (QED) is 0.196. The highest BCUT2D eigenvalue weighted by molar-refractivity contribution is 6.13. The molecule has 2 heterocycles. The van der Waals surface area contributed by atoms with Crippen LogP contribution in [0.3, 0.4) is 0 Å². The number of para-hydroxylation sites is 1. The maximum atomic E-state index is 6.48. The maximum Gasteiger partial charge on any atom is 0.164 e. The normalized spacial score (nSPS) is 12.4. The van der Waals surface area contributed by atoms with Crippen LogP contribution in [0.2, 0.25) is 0 Å². The molecule has 4 heteroatoms. The molecule has 6 aromatic carbocycles. The molecule has 0 bridgehead atoms. The Morgan fingerprint density at radius 3 is 1.87 bits per heavy atom. The van der Waals surface area contributed by atoms with Crippen molar-refractivity contribution in [3.63, 3.8) is 0 Å². The van der Waals surface area contributed by atoms with Gasteiger partial charge in [-0.25, -0.2) is 15.0 Å². The number of nitrogens with zero attached hydrogens (tertiary/aromatic N) is 3. The zero-order valence-corrected chi connectivity index (χ0v) is 25.6. The fourth-order valence-electron chi connectivity index (χ4n) is 6.69. The number of benzene rings is 6. The number of furan rings is 1. The van der Waals surface area contributed by atoms with Gasteiger partial charge in [0.15, 0.2) is 17.5 Å². The van der Waals surface area contributed by atoms with Gasteiger partial charge in [-0.2, -0.15) is 0 Å². The van der Waals surface area contributed by atoms with Crippen LogP contribution in [0.15, 0.2) is 150 Å². The van der Waals surface area contributed by atoms with Crippen LogP contribution in [-0.4, -0.2) is 15.0 Å². The smallest absolute Gasteiger partial charge is 0.164 e. The summed E-state index contributed by atoms with van der Waals surface area (Å²) in [5, 5.41) is 2.03. The van der Waals surface area contributed by atoms with Crippen molar-refractivity contribution >= 4 is 28.0 Å². The third kappa shape index (κ3) is 4.91. The predicted molar refractivity (Wildman–Crippen MR) is 192 cm³/mol. The number of aromatic nitrogens is 3. The predicted octanol–water partition coefficient (Wildman–Crippen LogP) is 11.1. The lowest BCUT2D eigenvalue weighted by Gasteiger charge is -2.15. The molecular weight excluding hydrogens is 574 g/mol. The summed E-state index contributed by atoms with van der Waals surface area (Å²) in [4.78, 5) is 15.1. The molecule has 1 aliphatic carbocycles. The van der Waals surface area contributed by atoms with Crippen molar-refractivity contribution in [3.8, 4) is 56.4 Å². The summed E-state index contributed by atoms with van der Waals surface area (Å²) in [7, 11) is 0. The van der Waals surface area contributed by atoms with Crippen molar-refractivity contribution in [2.75, 3.05) is 0 Å². The molecule has 0 saturated heterocycles. The zero-order chi connectivity index (χ0) is 31.2. The lowest BCUT2D eigenvalue weighted by Crippen LogP contribution is -2.00. The van der Waals surface area contributed by atoms with Crippen molar-refractivity contribution in [1.82, 2.24) is 15.0 Å². The third-order valence-corrected chi connectivity index (χ3v) is 9.01. The Kier molecular flexibility index (Phi) is 6.57. The van der Waals surface area contributed by atoms with Gasteiger partial charge in [-0.05, 0) is 64.4 Å². The van der Waals surface area contributed by atoms with Crippen LogP contribution in [0.1, 0.15) is 17.5 Å². The molecule has 0 aliphatic heterocycles. The van der Waals surface area contributed by atoms with E-state index in [1.165, 1.54) is 22.3 Å². The first kappa shape index (κ1) is 27.2. The molecule has 9 rings (SSSR count). The lowest BCUT2D eigenvalue weighted by molar-refractivity contribution is 0.669. The first-order valence-corrected chi connectivity index (χ1v) is 16.0. The molecule has 0 amide bonds. The van der Waals surface area contributed by atoms with E-state index in [9.17, 15) is 0 Å². The van der Waals surface area contributed by atoms with Crippen LogP contribution >= 0.6 is 0 Å². The molecule has 222 valence electrons. The van der Waals surface area contributed by atoms with Gasteiger partial charge in [-0.1, -0.05) is 133 Å². The van der Waals surface area contributed by atoms with Gasteiger partial charge in [0.25, 0.3) is 0 Å². The van der Waals surface area contributed by atoms with Crippen LogP contribution in [0.4, 0.5) is 0 Å². The van der Waals surface area contributed by atoms with Crippen molar-refractivity contribution in [2.24, 2.45) is 0 Å². The van der Waals surface area contributed by atoms with E-state index >= 15 is 0 Å². The van der Waals surface area contributed by atoms with E-state index in [0.717, 1.165) is 62.6 Å². The summed E-state index contributed by atoms with van der Waals surface area (Å²) < 4.78 is 6.48. The van der Waals surface area contributed by atoms with Crippen molar-refractivity contribution in [1.29, 1.82) is 0 Å². The first-order valence-electron chi connectivity index (χ1n) is 16.0. The molecule has 0 fully saturated rings. The van der Waals surface area contributed by atoms with Gasteiger partial charge < -0.3 is 4.42 Å². The number of rotatable bonds is 5. The first-order chi connectivity index (χ1) is 23.3. The molecule has 0 atom stereocenters. The molecule has 0 spiro atoms. The standard InChI is InChI=1S/C43H29N3O/c1-3-13-31(14-4-1)41-44-42(32-15-5-2-6-16-32)46-43(45-41)37-26-33(27-39-40(37)36-19-9-10-21-38(36)47-39)28-22-24-30(25-23-28)35-20-11-17-29-12-7-8-18-34(29)35/h1-6,8-11,13-27H,7,12H2.